The van der Waals surface area contributed by atoms with E-state index in [2.05, 4.69) is 9.71 Å². The zero-order chi connectivity index (χ0) is 18.0. The van der Waals surface area contributed by atoms with Gasteiger partial charge < -0.3 is 4.57 Å². The zero-order valence-corrected chi connectivity index (χ0v) is 14.7. The van der Waals surface area contributed by atoms with E-state index in [1.165, 1.54) is 19.1 Å². The monoisotopic (exact) mass is 359 g/mol. The molecule has 25 heavy (non-hydrogen) atoms. The molecular weight excluding hydrogens is 341 g/mol. The van der Waals surface area contributed by atoms with Gasteiger partial charge in [0.1, 0.15) is 5.82 Å². The van der Waals surface area contributed by atoms with Gasteiger partial charge in [-0.2, -0.15) is 0 Å². The number of rotatable bonds is 5. The van der Waals surface area contributed by atoms with Crippen LogP contribution in [0.25, 0.3) is 5.69 Å². The Labute approximate surface area is 146 Å². The van der Waals surface area contributed by atoms with Crippen LogP contribution in [-0.2, 0) is 10.0 Å². The lowest BCUT2D eigenvalue weighted by atomic mass is 10.1. The highest BCUT2D eigenvalue weighted by Crippen LogP contribution is 2.20. The molecule has 0 fully saturated rings. The summed E-state index contributed by atoms with van der Waals surface area (Å²) in [6, 6.07) is 10.8. The first-order valence-corrected chi connectivity index (χ1v) is 9.22. The van der Waals surface area contributed by atoms with Crippen LogP contribution in [0, 0.1) is 12.7 Å². The number of nitrogens with one attached hydrogen (secondary N) is 1. The quantitative estimate of drug-likeness (QED) is 0.760. The van der Waals surface area contributed by atoms with Crippen molar-refractivity contribution in [1.29, 1.82) is 0 Å². The molecule has 7 heteroatoms. The van der Waals surface area contributed by atoms with Crippen molar-refractivity contribution in [2.75, 3.05) is 0 Å². The summed E-state index contributed by atoms with van der Waals surface area (Å²) < 4.78 is 42.8. The minimum absolute atomic E-state index is 0.0493. The highest BCUT2D eigenvalue weighted by molar-refractivity contribution is 7.89. The normalized spacial score (nSPS) is 12.9. The van der Waals surface area contributed by atoms with Crippen molar-refractivity contribution in [2.45, 2.75) is 24.8 Å². The van der Waals surface area contributed by atoms with E-state index in [0.717, 1.165) is 17.3 Å². The van der Waals surface area contributed by atoms with Crippen molar-refractivity contribution in [3.8, 4) is 5.69 Å². The maximum absolute atomic E-state index is 13.3. The SMILES string of the molecule is Cc1cc(S(=O)(=O)NC(C)c2ccc(-n3ccnc3)cc2)ccc1F. The fourth-order valence-corrected chi connectivity index (χ4v) is 3.82. The first-order chi connectivity index (χ1) is 11.9. The summed E-state index contributed by atoms with van der Waals surface area (Å²) in [6.07, 6.45) is 5.21. The Morgan fingerprint density at radius 2 is 1.88 bits per heavy atom. The van der Waals surface area contributed by atoms with Gasteiger partial charge in [0.25, 0.3) is 0 Å². The lowest BCUT2D eigenvalue weighted by Gasteiger charge is -2.15. The summed E-state index contributed by atoms with van der Waals surface area (Å²) in [4.78, 5) is 4.05. The fourth-order valence-electron chi connectivity index (χ4n) is 2.50. The molecule has 3 aromatic rings. The van der Waals surface area contributed by atoms with Crippen LogP contribution in [-0.4, -0.2) is 18.0 Å². The van der Waals surface area contributed by atoms with E-state index >= 15 is 0 Å². The standard InChI is InChI=1S/C18H18FN3O2S/c1-13-11-17(7-8-18(13)19)25(23,24)21-14(2)15-3-5-16(6-4-15)22-10-9-20-12-22/h3-12,14,21H,1-2H3. The minimum atomic E-state index is -3.73. The molecule has 0 spiro atoms. The first-order valence-electron chi connectivity index (χ1n) is 7.73. The van der Waals surface area contributed by atoms with Crippen LogP contribution in [0.5, 0.6) is 0 Å². The van der Waals surface area contributed by atoms with E-state index in [4.69, 9.17) is 0 Å². The second-order valence-electron chi connectivity index (χ2n) is 5.82. The molecule has 1 heterocycles. The lowest BCUT2D eigenvalue weighted by Crippen LogP contribution is -2.27. The number of aryl methyl sites for hydroxylation is 1. The highest BCUT2D eigenvalue weighted by atomic mass is 32.2. The summed E-state index contributed by atoms with van der Waals surface area (Å²) in [5, 5.41) is 0. The zero-order valence-electron chi connectivity index (χ0n) is 13.8. The Morgan fingerprint density at radius 1 is 1.16 bits per heavy atom. The smallest absolute Gasteiger partial charge is 0.241 e. The predicted molar refractivity (Wildman–Crippen MR) is 93.4 cm³/mol. The Morgan fingerprint density at radius 3 is 2.48 bits per heavy atom. The van der Waals surface area contributed by atoms with Crippen molar-refractivity contribution in [2.24, 2.45) is 0 Å². The van der Waals surface area contributed by atoms with Gasteiger partial charge in [0.15, 0.2) is 0 Å². The minimum Gasteiger partial charge on any atom is -0.306 e. The van der Waals surface area contributed by atoms with Gasteiger partial charge in [-0.1, -0.05) is 12.1 Å². The molecule has 1 N–H and O–H groups in total. The summed E-state index contributed by atoms with van der Waals surface area (Å²) in [5.74, 6) is -0.429. The average molecular weight is 359 g/mol. The molecule has 2 aromatic carbocycles. The largest absolute Gasteiger partial charge is 0.306 e. The molecule has 0 amide bonds. The van der Waals surface area contributed by atoms with Crippen LogP contribution < -0.4 is 4.72 Å². The van der Waals surface area contributed by atoms with E-state index in [1.807, 2.05) is 35.0 Å². The molecule has 0 saturated carbocycles. The molecule has 5 nitrogen and oxygen atoms in total. The van der Waals surface area contributed by atoms with Gasteiger partial charge in [0.05, 0.1) is 11.2 Å². The van der Waals surface area contributed by atoms with Crippen LogP contribution >= 0.6 is 0 Å². The molecule has 130 valence electrons. The molecule has 0 radical (unpaired) electrons. The maximum Gasteiger partial charge on any atom is 0.241 e. The van der Waals surface area contributed by atoms with Crippen LogP contribution in [0.2, 0.25) is 0 Å². The highest BCUT2D eigenvalue weighted by Gasteiger charge is 2.19. The van der Waals surface area contributed by atoms with Gasteiger partial charge in [0.2, 0.25) is 10.0 Å². The molecule has 0 aliphatic carbocycles. The second-order valence-corrected chi connectivity index (χ2v) is 7.53. The lowest BCUT2D eigenvalue weighted by molar-refractivity contribution is 0.566. The van der Waals surface area contributed by atoms with Gasteiger partial charge in [0, 0.05) is 24.1 Å². The third-order valence-corrected chi connectivity index (χ3v) is 5.51. The number of hydrogen-bond donors (Lipinski definition) is 1. The second kappa shape index (κ2) is 6.78. The molecule has 0 aliphatic rings. The number of benzene rings is 2. The number of sulfonamides is 1. The van der Waals surface area contributed by atoms with Crippen LogP contribution in [0.15, 0.2) is 66.1 Å². The molecule has 1 atom stereocenters. The molecular formula is C18H18FN3O2S. The van der Waals surface area contributed by atoms with Crippen LogP contribution in [0.1, 0.15) is 24.1 Å². The van der Waals surface area contributed by atoms with Crippen molar-refractivity contribution in [3.63, 3.8) is 0 Å². The number of hydrogen-bond acceptors (Lipinski definition) is 3. The van der Waals surface area contributed by atoms with Crippen LogP contribution in [0.4, 0.5) is 4.39 Å². The van der Waals surface area contributed by atoms with Crippen molar-refractivity contribution in [1.82, 2.24) is 14.3 Å². The summed E-state index contributed by atoms with van der Waals surface area (Å²) in [7, 11) is -3.73. The first kappa shape index (κ1) is 17.3. The van der Waals surface area contributed by atoms with Crippen LogP contribution in [0.3, 0.4) is 0 Å². The number of imidazole rings is 1. The van der Waals surface area contributed by atoms with E-state index in [0.29, 0.717) is 5.56 Å². The fraction of sp³-hybridized carbons (Fsp3) is 0.167. The number of halogens is 1. The molecule has 3 rings (SSSR count). The van der Waals surface area contributed by atoms with E-state index < -0.39 is 21.9 Å². The summed E-state index contributed by atoms with van der Waals surface area (Å²) in [5.41, 5.74) is 2.05. The van der Waals surface area contributed by atoms with Gasteiger partial charge in [-0.3, -0.25) is 0 Å². The Kier molecular flexibility index (Phi) is 4.69. The van der Waals surface area contributed by atoms with Crippen molar-refractivity contribution >= 4 is 10.0 Å². The van der Waals surface area contributed by atoms with Gasteiger partial charge in [-0.15, -0.1) is 0 Å². The van der Waals surface area contributed by atoms with Crippen molar-refractivity contribution in [3.05, 3.63) is 78.1 Å². The van der Waals surface area contributed by atoms with Gasteiger partial charge >= 0.3 is 0 Å². The summed E-state index contributed by atoms with van der Waals surface area (Å²) >= 11 is 0. The topological polar surface area (TPSA) is 64.0 Å². The Balaban J connectivity index is 1.78. The van der Waals surface area contributed by atoms with Crippen molar-refractivity contribution < 1.29 is 12.8 Å². The van der Waals surface area contributed by atoms with E-state index in [9.17, 15) is 12.8 Å². The third-order valence-electron chi connectivity index (χ3n) is 3.97. The Hall–Kier alpha value is -2.51. The number of nitrogens with zero attached hydrogens (tertiary/aromatic N) is 2. The van der Waals surface area contributed by atoms with Gasteiger partial charge in [-0.25, -0.2) is 22.5 Å². The third kappa shape index (κ3) is 3.78. The summed E-state index contributed by atoms with van der Waals surface area (Å²) in [6.45, 7) is 3.30. The predicted octanol–water partition coefficient (Wildman–Crippen LogP) is 3.36. The van der Waals surface area contributed by atoms with E-state index in [-0.39, 0.29) is 4.90 Å². The maximum atomic E-state index is 13.3. The molecule has 1 aromatic heterocycles. The molecule has 1 unspecified atom stereocenters. The number of aromatic nitrogens is 2. The molecule has 0 bridgehead atoms. The average Bonchev–Trinajstić information content (AvgIpc) is 3.11. The van der Waals surface area contributed by atoms with Gasteiger partial charge in [-0.05, 0) is 55.3 Å². The molecule has 0 saturated heterocycles. The van der Waals surface area contributed by atoms with E-state index in [1.54, 1.807) is 19.4 Å². The molecule has 0 aliphatic heterocycles. The Bertz CT molecular complexity index is 968.